The smallest absolute Gasteiger partial charge is 0.255 e. The van der Waals surface area contributed by atoms with Crippen LogP contribution >= 0.6 is 23.2 Å². The highest BCUT2D eigenvalue weighted by Gasteiger charge is 2.27. The molecule has 1 aromatic carbocycles. The van der Waals surface area contributed by atoms with Gasteiger partial charge < -0.3 is 14.4 Å². The first-order valence-electron chi connectivity index (χ1n) is 9.36. The van der Waals surface area contributed by atoms with Crippen LogP contribution < -0.4 is 15.2 Å². The average Bonchev–Trinajstić information content (AvgIpc) is 2.75. The third-order valence-corrected chi connectivity index (χ3v) is 5.47. The molecule has 0 aliphatic carbocycles. The molecule has 0 spiro atoms. The lowest BCUT2D eigenvalue weighted by Gasteiger charge is -2.35. The van der Waals surface area contributed by atoms with Crippen molar-refractivity contribution >= 4 is 29.2 Å². The predicted molar refractivity (Wildman–Crippen MR) is 117 cm³/mol. The number of anilines is 1. The number of rotatable bonds is 4. The maximum atomic E-state index is 12.6. The Morgan fingerprint density at radius 1 is 1.20 bits per heavy atom. The molecule has 0 saturated carbocycles. The molecule has 1 aliphatic heterocycles. The van der Waals surface area contributed by atoms with Crippen molar-refractivity contribution in [3.05, 3.63) is 68.7 Å². The molecule has 30 heavy (non-hydrogen) atoms. The van der Waals surface area contributed by atoms with Crippen molar-refractivity contribution in [2.24, 2.45) is 7.05 Å². The normalized spacial score (nSPS) is 16.5. The minimum Gasteiger partial charge on any atom is -0.496 e. The van der Waals surface area contributed by atoms with Crippen LogP contribution in [-0.4, -0.2) is 41.3 Å². The van der Waals surface area contributed by atoms with Gasteiger partial charge >= 0.3 is 0 Å². The van der Waals surface area contributed by atoms with Crippen LogP contribution in [-0.2, 0) is 11.8 Å². The van der Waals surface area contributed by atoms with E-state index in [1.54, 1.807) is 38.6 Å². The molecular formula is C21H20Cl2N4O3. The highest BCUT2D eigenvalue weighted by molar-refractivity contribution is 6.30. The van der Waals surface area contributed by atoms with Crippen LogP contribution in [0, 0.1) is 0 Å². The van der Waals surface area contributed by atoms with E-state index in [4.69, 9.17) is 37.7 Å². The van der Waals surface area contributed by atoms with Crippen LogP contribution in [0.5, 0.6) is 5.75 Å². The van der Waals surface area contributed by atoms with Crippen molar-refractivity contribution in [2.45, 2.75) is 6.10 Å². The Morgan fingerprint density at radius 2 is 2.03 bits per heavy atom. The summed E-state index contributed by atoms with van der Waals surface area (Å²) in [6.45, 7) is 1.60. The molecule has 7 nitrogen and oxygen atoms in total. The largest absolute Gasteiger partial charge is 0.496 e. The van der Waals surface area contributed by atoms with E-state index in [0.717, 1.165) is 11.1 Å². The Kier molecular flexibility index (Phi) is 5.94. The Hall–Kier alpha value is -2.61. The molecule has 156 valence electrons. The van der Waals surface area contributed by atoms with Crippen LogP contribution in [0.1, 0.15) is 11.7 Å². The fourth-order valence-corrected chi connectivity index (χ4v) is 3.83. The highest BCUT2D eigenvalue weighted by atomic mass is 35.5. The predicted octanol–water partition coefficient (Wildman–Crippen LogP) is 3.74. The van der Waals surface area contributed by atoms with Crippen LogP contribution in [0.25, 0.3) is 11.3 Å². The Morgan fingerprint density at radius 3 is 2.80 bits per heavy atom. The van der Waals surface area contributed by atoms with E-state index in [0.29, 0.717) is 47.3 Å². The maximum Gasteiger partial charge on any atom is 0.255 e. The maximum absolute atomic E-state index is 12.6. The van der Waals surface area contributed by atoms with Gasteiger partial charge in [-0.3, -0.25) is 9.36 Å². The highest BCUT2D eigenvalue weighted by Crippen LogP contribution is 2.33. The molecule has 0 unspecified atom stereocenters. The van der Waals surface area contributed by atoms with Crippen LogP contribution in [0.15, 0.2) is 47.4 Å². The number of ether oxygens (including phenoxy) is 2. The lowest BCUT2D eigenvalue weighted by atomic mass is 10.1. The van der Waals surface area contributed by atoms with Crippen LogP contribution in [0.2, 0.25) is 10.2 Å². The van der Waals surface area contributed by atoms with E-state index in [1.807, 2.05) is 17.0 Å². The average molecular weight is 447 g/mol. The third-order valence-electron chi connectivity index (χ3n) is 5.03. The second-order valence-corrected chi connectivity index (χ2v) is 7.72. The molecule has 3 aromatic rings. The van der Waals surface area contributed by atoms with Gasteiger partial charge in [0.2, 0.25) is 5.95 Å². The van der Waals surface area contributed by atoms with E-state index in [9.17, 15) is 4.79 Å². The van der Waals surface area contributed by atoms with Crippen molar-refractivity contribution < 1.29 is 9.47 Å². The van der Waals surface area contributed by atoms with Crippen molar-refractivity contribution in [3.63, 3.8) is 0 Å². The summed E-state index contributed by atoms with van der Waals surface area (Å²) < 4.78 is 13.0. The molecule has 9 heteroatoms. The van der Waals surface area contributed by atoms with E-state index in [1.165, 1.54) is 10.6 Å². The Balaban J connectivity index is 1.69. The van der Waals surface area contributed by atoms with Gasteiger partial charge in [0.05, 0.1) is 26.0 Å². The van der Waals surface area contributed by atoms with Crippen molar-refractivity contribution in [3.8, 4) is 17.0 Å². The number of hydrogen-bond donors (Lipinski definition) is 0. The van der Waals surface area contributed by atoms with Crippen LogP contribution in [0.3, 0.4) is 0 Å². The van der Waals surface area contributed by atoms with Gasteiger partial charge in [0.1, 0.15) is 17.0 Å². The molecular weight excluding hydrogens is 427 g/mol. The first-order chi connectivity index (χ1) is 14.5. The van der Waals surface area contributed by atoms with Gasteiger partial charge in [-0.15, -0.1) is 0 Å². The van der Waals surface area contributed by atoms with Crippen molar-refractivity contribution in [1.29, 1.82) is 0 Å². The van der Waals surface area contributed by atoms with E-state index in [-0.39, 0.29) is 11.7 Å². The first-order valence-corrected chi connectivity index (χ1v) is 10.1. The number of benzene rings is 1. The number of hydrogen-bond acceptors (Lipinski definition) is 6. The number of aromatic nitrogens is 3. The second-order valence-electron chi connectivity index (χ2n) is 6.90. The van der Waals surface area contributed by atoms with Gasteiger partial charge in [-0.05, 0) is 24.3 Å². The summed E-state index contributed by atoms with van der Waals surface area (Å²) in [6.07, 6.45) is 1.34. The van der Waals surface area contributed by atoms with Gasteiger partial charge in [-0.1, -0.05) is 29.3 Å². The van der Waals surface area contributed by atoms with Gasteiger partial charge in [-0.25, -0.2) is 9.97 Å². The van der Waals surface area contributed by atoms with E-state index < -0.39 is 0 Å². The lowest BCUT2D eigenvalue weighted by molar-refractivity contribution is 0.0374. The molecule has 1 fully saturated rings. The molecule has 0 radical (unpaired) electrons. The molecule has 0 bridgehead atoms. The molecule has 1 aliphatic rings. The summed E-state index contributed by atoms with van der Waals surface area (Å²) in [4.78, 5) is 23.4. The molecule has 2 aromatic heterocycles. The zero-order valence-electron chi connectivity index (χ0n) is 16.5. The standard InChI is InChI=1S/C21H20Cl2N4O3/c1-26-20(28)11-16(13-5-6-24-19(23)9-13)25-21(26)27-7-8-30-18(12-27)15-4-3-14(22)10-17(15)29-2/h3-6,9-11,18H,7-8,12H2,1-2H3/t18-/m1/s1. The topological polar surface area (TPSA) is 69.5 Å². The summed E-state index contributed by atoms with van der Waals surface area (Å²) in [5, 5.41) is 0.939. The quantitative estimate of drug-likeness (QED) is 0.568. The summed E-state index contributed by atoms with van der Waals surface area (Å²) in [7, 11) is 3.31. The van der Waals surface area contributed by atoms with E-state index >= 15 is 0 Å². The second kappa shape index (κ2) is 8.63. The van der Waals surface area contributed by atoms with Gasteiger partial charge in [0.15, 0.2) is 0 Å². The van der Waals surface area contributed by atoms with Crippen molar-refractivity contribution in [2.75, 3.05) is 31.7 Å². The number of morpholine rings is 1. The third kappa shape index (κ3) is 4.14. The summed E-state index contributed by atoms with van der Waals surface area (Å²) in [5.74, 6) is 1.23. The Bertz CT molecular complexity index is 1140. The molecule has 0 N–H and O–H groups in total. The zero-order chi connectivity index (χ0) is 21.3. The van der Waals surface area contributed by atoms with Gasteiger partial charge in [0.25, 0.3) is 5.56 Å². The molecule has 3 heterocycles. The summed E-state index contributed by atoms with van der Waals surface area (Å²) in [6, 6.07) is 10.4. The lowest BCUT2D eigenvalue weighted by Crippen LogP contribution is -2.41. The van der Waals surface area contributed by atoms with Crippen LogP contribution in [0.4, 0.5) is 5.95 Å². The minimum atomic E-state index is -0.248. The fourth-order valence-electron chi connectivity index (χ4n) is 3.49. The number of methoxy groups -OCH3 is 1. The zero-order valence-corrected chi connectivity index (χ0v) is 18.0. The summed E-state index contributed by atoms with van der Waals surface area (Å²) >= 11 is 12.1. The van der Waals surface area contributed by atoms with Gasteiger partial charge in [-0.2, -0.15) is 0 Å². The SMILES string of the molecule is COc1cc(Cl)ccc1[C@H]1CN(c2nc(-c3ccnc(Cl)c3)cc(=O)n2C)CCO1. The van der Waals surface area contributed by atoms with E-state index in [2.05, 4.69) is 4.98 Å². The number of halogens is 2. The molecule has 1 atom stereocenters. The van der Waals surface area contributed by atoms with Gasteiger partial charge in [0, 0.05) is 42.0 Å². The van der Waals surface area contributed by atoms with Crippen molar-refractivity contribution in [1.82, 2.24) is 14.5 Å². The fraction of sp³-hybridized carbons (Fsp3) is 0.286. The number of nitrogens with zero attached hydrogens (tertiary/aromatic N) is 4. The summed E-state index contributed by atoms with van der Waals surface area (Å²) in [5.41, 5.74) is 2.02. The molecule has 1 saturated heterocycles. The minimum absolute atomic E-state index is 0.157. The monoisotopic (exact) mass is 446 g/mol. The Labute approximate surface area is 183 Å². The molecule has 4 rings (SSSR count). The number of pyridine rings is 1. The molecule has 0 amide bonds. The first kappa shape index (κ1) is 20.7.